The molecule has 228 valence electrons. The maximum absolute atomic E-state index is 12.7. The highest BCUT2D eigenvalue weighted by atomic mass is 16.5. The minimum atomic E-state index is -0.302. The first-order chi connectivity index (χ1) is 20.6. The molecule has 1 heterocycles. The number of carbonyl (C=O) groups is 2. The standard InChI is InChI=1S/C35H45N5O3/c1-9-27-18-31(21-32(19-27)43-8)40(26(7)41)23-30(24(4)5)22-36-25(6)37-33-13-12-29(20-34(33)38-35(42)10-2)28-14-16-39(11-3)17-15-28/h10,12-14,18-22,37H,2,6,9,11,15-17,23H2,1,3-5,7-8H3,(H,38,42). The van der Waals surface area contributed by atoms with Crippen molar-refractivity contribution in [1.82, 2.24) is 4.90 Å². The molecule has 1 aliphatic heterocycles. The van der Waals surface area contributed by atoms with Crippen molar-refractivity contribution in [1.29, 1.82) is 0 Å². The van der Waals surface area contributed by atoms with Gasteiger partial charge in [0.25, 0.3) is 0 Å². The lowest BCUT2D eigenvalue weighted by Gasteiger charge is -2.25. The molecule has 8 heteroatoms. The summed E-state index contributed by atoms with van der Waals surface area (Å²) in [5, 5.41) is 6.14. The molecule has 2 aromatic carbocycles. The number of ether oxygens (including phenoxy) is 1. The lowest BCUT2D eigenvalue weighted by Crippen LogP contribution is -2.31. The Bertz CT molecular complexity index is 1430. The molecule has 0 radical (unpaired) electrons. The fraction of sp³-hybridized carbons (Fsp3) is 0.343. The molecule has 0 fully saturated rings. The highest BCUT2D eigenvalue weighted by molar-refractivity contribution is 6.01. The molecule has 1 aliphatic rings. The Morgan fingerprint density at radius 2 is 1.86 bits per heavy atom. The van der Waals surface area contributed by atoms with Gasteiger partial charge in [0.15, 0.2) is 0 Å². The van der Waals surface area contributed by atoms with E-state index in [4.69, 9.17) is 4.74 Å². The number of hydrogen-bond acceptors (Lipinski definition) is 6. The number of allylic oxidation sites excluding steroid dienone is 1. The SMILES string of the molecule is C=CC(=O)Nc1cc(C2=CCN(CC)CC2)ccc1NC(=C)N=CC(CN(C(C)=O)c1cc(CC)cc(OC)c1)=C(C)C. The number of amides is 2. The number of carbonyl (C=O) groups excluding carboxylic acids is 2. The fourth-order valence-electron chi connectivity index (χ4n) is 4.75. The summed E-state index contributed by atoms with van der Waals surface area (Å²) >= 11 is 0. The number of aryl methyl sites for hydroxylation is 1. The Kier molecular flexibility index (Phi) is 12.1. The van der Waals surface area contributed by atoms with Crippen LogP contribution in [0.4, 0.5) is 17.1 Å². The first-order valence-electron chi connectivity index (χ1n) is 14.7. The van der Waals surface area contributed by atoms with Gasteiger partial charge in [-0.05, 0) is 85.8 Å². The van der Waals surface area contributed by atoms with Crippen LogP contribution in [0.5, 0.6) is 5.75 Å². The van der Waals surface area contributed by atoms with E-state index in [0.29, 0.717) is 29.5 Å². The molecule has 0 bridgehead atoms. The second-order valence-electron chi connectivity index (χ2n) is 10.7. The lowest BCUT2D eigenvalue weighted by molar-refractivity contribution is -0.116. The predicted octanol–water partition coefficient (Wildman–Crippen LogP) is 6.83. The van der Waals surface area contributed by atoms with E-state index in [1.165, 1.54) is 11.6 Å². The molecule has 8 nitrogen and oxygen atoms in total. The quantitative estimate of drug-likeness (QED) is 0.199. The van der Waals surface area contributed by atoms with E-state index >= 15 is 0 Å². The van der Waals surface area contributed by atoms with Crippen LogP contribution >= 0.6 is 0 Å². The number of hydrogen-bond donors (Lipinski definition) is 2. The van der Waals surface area contributed by atoms with Crippen LogP contribution in [-0.2, 0) is 16.0 Å². The van der Waals surface area contributed by atoms with Gasteiger partial charge in [0.05, 0.1) is 25.0 Å². The molecule has 0 saturated carbocycles. The van der Waals surface area contributed by atoms with Crippen molar-refractivity contribution in [3.8, 4) is 5.75 Å². The van der Waals surface area contributed by atoms with Crippen molar-refractivity contribution in [3.05, 3.63) is 89.8 Å². The van der Waals surface area contributed by atoms with Crippen molar-refractivity contribution in [2.75, 3.05) is 48.8 Å². The summed E-state index contributed by atoms with van der Waals surface area (Å²) in [6, 6.07) is 11.8. The normalized spacial score (nSPS) is 13.2. The molecule has 2 aromatic rings. The van der Waals surface area contributed by atoms with Gasteiger partial charge in [-0.3, -0.25) is 14.5 Å². The second kappa shape index (κ2) is 15.7. The molecule has 0 aromatic heterocycles. The number of methoxy groups -OCH3 is 1. The summed E-state index contributed by atoms with van der Waals surface area (Å²) < 4.78 is 5.47. The van der Waals surface area contributed by atoms with Gasteiger partial charge in [-0.25, -0.2) is 4.99 Å². The van der Waals surface area contributed by atoms with Crippen LogP contribution < -0.4 is 20.3 Å². The van der Waals surface area contributed by atoms with E-state index in [2.05, 4.69) is 53.6 Å². The van der Waals surface area contributed by atoms with E-state index in [1.54, 1.807) is 25.1 Å². The molecule has 43 heavy (non-hydrogen) atoms. The third-order valence-corrected chi connectivity index (χ3v) is 7.49. The van der Waals surface area contributed by atoms with Crippen molar-refractivity contribution in [3.63, 3.8) is 0 Å². The van der Waals surface area contributed by atoms with Gasteiger partial charge in [-0.2, -0.15) is 0 Å². The summed E-state index contributed by atoms with van der Waals surface area (Å²) in [6.07, 6.45) is 6.99. The maximum atomic E-state index is 12.7. The van der Waals surface area contributed by atoms with Crippen LogP contribution in [0.15, 0.2) is 83.7 Å². The monoisotopic (exact) mass is 583 g/mol. The smallest absolute Gasteiger partial charge is 0.247 e. The number of nitrogens with one attached hydrogen (secondary N) is 2. The minimum absolute atomic E-state index is 0.0856. The number of benzene rings is 2. The molecular formula is C35H45N5O3. The third kappa shape index (κ3) is 9.28. The fourth-order valence-corrected chi connectivity index (χ4v) is 4.75. The zero-order chi connectivity index (χ0) is 31.5. The van der Waals surface area contributed by atoms with Crippen molar-refractivity contribution < 1.29 is 14.3 Å². The zero-order valence-corrected chi connectivity index (χ0v) is 26.4. The average Bonchev–Trinajstić information content (AvgIpc) is 3.01. The summed E-state index contributed by atoms with van der Waals surface area (Å²) in [5.74, 6) is 0.709. The average molecular weight is 584 g/mol. The maximum Gasteiger partial charge on any atom is 0.247 e. The van der Waals surface area contributed by atoms with Gasteiger partial charge in [0, 0.05) is 38.0 Å². The Hall–Kier alpha value is -4.43. The third-order valence-electron chi connectivity index (χ3n) is 7.49. The Labute approximate surface area is 256 Å². The van der Waals surface area contributed by atoms with Gasteiger partial charge in [0.2, 0.25) is 11.8 Å². The molecule has 3 rings (SSSR count). The molecule has 0 saturated heterocycles. The van der Waals surface area contributed by atoms with Crippen molar-refractivity contribution >= 4 is 40.7 Å². The first-order valence-corrected chi connectivity index (χ1v) is 14.7. The van der Waals surface area contributed by atoms with Gasteiger partial charge in [-0.1, -0.05) is 44.7 Å². The van der Waals surface area contributed by atoms with Gasteiger partial charge < -0.3 is 20.3 Å². The molecule has 0 spiro atoms. The molecule has 2 amide bonds. The van der Waals surface area contributed by atoms with Gasteiger partial charge in [0.1, 0.15) is 11.6 Å². The molecule has 0 atom stereocenters. The number of likely N-dealkylation sites (N-methyl/N-ethyl adjacent to an activating group) is 1. The van der Waals surface area contributed by atoms with Gasteiger partial charge in [-0.15, -0.1) is 0 Å². The number of nitrogens with zero attached hydrogens (tertiary/aromatic N) is 3. The van der Waals surface area contributed by atoms with Gasteiger partial charge >= 0.3 is 0 Å². The number of anilines is 3. The van der Waals surface area contributed by atoms with Crippen LogP contribution in [0.25, 0.3) is 5.57 Å². The van der Waals surface area contributed by atoms with Crippen LogP contribution in [0.2, 0.25) is 0 Å². The molecule has 0 unspecified atom stereocenters. The van der Waals surface area contributed by atoms with E-state index in [1.807, 2.05) is 50.2 Å². The van der Waals surface area contributed by atoms with Crippen molar-refractivity contribution in [2.45, 2.75) is 47.5 Å². The van der Waals surface area contributed by atoms with E-state index in [-0.39, 0.29) is 11.8 Å². The highest BCUT2D eigenvalue weighted by Crippen LogP contribution is 2.31. The van der Waals surface area contributed by atoms with Crippen LogP contribution in [0, 0.1) is 0 Å². The first kappa shape index (κ1) is 33.1. The van der Waals surface area contributed by atoms with E-state index in [9.17, 15) is 9.59 Å². The summed E-state index contributed by atoms with van der Waals surface area (Å²) in [4.78, 5) is 33.7. The number of rotatable bonds is 13. The van der Waals surface area contributed by atoms with E-state index < -0.39 is 0 Å². The van der Waals surface area contributed by atoms with Crippen LogP contribution in [0.3, 0.4) is 0 Å². The van der Waals surface area contributed by atoms with Crippen molar-refractivity contribution in [2.24, 2.45) is 4.99 Å². The predicted molar refractivity (Wildman–Crippen MR) is 180 cm³/mol. The molecular weight excluding hydrogens is 538 g/mol. The largest absolute Gasteiger partial charge is 0.497 e. The number of aliphatic imine (C=N–C) groups is 1. The lowest BCUT2D eigenvalue weighted by atomic mass is 9.98. The summed E-state index contributed by atoms with van der Waals surface area (Å²) in [5.41, 5.74) is 7.35. The second-order valence-corrected chi connectivity index (χ2v) is 10.7. The topological polar surface area (TPSA) is 86.3 Å². The zero-order valence-electron chi connectivity index (χ0n) is 26.4. The Morgan fingerprint density at radius 3 is 2.44 bits per heavy atom. The Morgan fingerprint density at radius 1 is 1.09 bits per heavy atom. The summed E-state index contributed by atoms with van der Waals surface area (Å²) in [6.45, 7) is 20.7. The van der Waals surface area contributed by atoms with Crippen LogP contribution in [0.1, 0.15) is 52.2 Å². The van der Waals surface area contributed by atoms with Crippen LogP contribution in [-0.4, -0.2) is 56.2 Å². The minimum Gasteiger partial charge on any atom is -0.497 e. The summed E-state index contributed by atoms with van der Waals surface area (Å²) in [7, 11) is 1.62. The highest BCUT2D eigenvalue weighted by Gasteiger charge is 2.17. The molecule has 2 N–H and O–H groups in total. The molecule has 0 aliphatic carbocycles. The Balaban J connectivity index is 1.83. The van der Waals surface area contributed by atoms with E-state index in [0.717, 1.165) is 60.4 Å².